The van der Waals surface area contributed by atoms with Crippen LogP contribution in [0.2, 0.25) is 0 Å². The van der Waals surface area contributed by atoms with Crippen molar-refractivity contribution in [1.29, 1.82) is 0 Å². The average Bonchev–Trinajstić information content (AvgIpc) is 2.10. The van der Waals surface area contributed by atoms with Gasteiger partial charge in [0.15, 0.2) is 11.5 Å². The highest BCUT2D eigenvalue weighted by Gasteiger charge is 2.15. The lowest BCUT2D eigenvalue weighted by molar-refractivity contribution is 0.403. The van der Waals surface area contributed by atoms with Crippen molar-refractivity contribution in [2.75, 3.05) is 6.26 Å². The van der Waals surface area contributed by atoms with Crippen molar-refractivity contribution >= 4 is 9.84 Å². The second-order valence-electron chi connectivity index (χ2n) is 3.67. The molecule has 0 saturated carbocycles. The highest BCUT2D eigenvalue weighted by Crippen LogP contribution is 2.25. The van der Waals surface area contributed by atoms with Crippen LogP contribution in [-0.4, -0.2) is 30.1 Å². The van der Waals surface area contributed by atoms with E-state index in [0.717, 1.165) is 0 Å². The lowest BCUT2D eigenvalue weighted by atomic mass is 10.1. The van der Waals surface area contributed by atoms with Gasteiger partial charge in [0.25, 0.3) is 0 Å². The molecule has 1 unspecified atom stereocenters. The minimum Gasteiger partial charge on any atom is -0.504 e. The Kier molecular flexibility index (Phi) is 3.24. The van der Waals surface area contributed by atoms with Gasteiger partial charge in [-0.1, -0.05) is 6.07 Å². The van der Waals surface area contributed by atoms with E-state index in [4.69, 9.17) is 5.11 Å². The fourth-order valence-electron chi connectivity index (χ4n) is 1.18. The van der Waals surface area contributed by atoms with E-state index >= 15 is 0 Å². The number of phenolic OH excluding ortho intramolecular Hbond substituents is 2. The minimum absolute atomic E-state index is 0.203. The van der Waals surface area contributed by atoms with Crippen molar-refractivity contribution in [3.05, 3.63) is 23.8 Å². The van der Waals surface area contributed by atoms with Crippen LogP contribution < -0.4 is 0 Å². The molecule has 0 amide bonds. The fourth-order valence-corrected chi connectivity index (χ4v) is 1.67. The number of sulfone groups is 1. The molecule has 0 saturated heterocycles. The number of benzene rings is 1. The topological polar surface area (TPSA) is 74.6 Å². The summed E-state index contributed by atoms with van der Waals surface area (Å²) in [7, 11) is -3.07. The Hall–Kier alpha value is -1.23. The lowest BCUT2D eigenvalue weighted by Crippen LogP contribution is -2.18. The fraction of sp³-hybridized carbons (Fsp3) is 0.400. The van der Waals surface area contributed by atoms with Crippen LogP contribution in [0.3, 0.4) is 0 Å². The van der Waals surface area contributed by atoms with E-state index in [1.165, 1.54) is 18.4 Å². The van der Waals surface area contributed by atoms with Crippen LogP contribution in [0.5, 0.6) is 11.5 Å². The maximum Gasteiger partial charge on any atom is 0.157 e. The molecule has 0 aromatic heterocycles. The highest BCUT2D eigenvalue weighted by molar-refractivity contribution is 7.91. The number of hydrogen-bond donors (Lipinski definition) is 2. The molecule has 4 nitrogen and oxygen atoms in total. The van der Waals surface area contributed by atoms with Crippen LogP contribution in [0.25, 0.3) is 0 Å². The van der Waals surface area contributed by atoms with Crippen molar-refractivity contribution < 1.29 is 18.6 Å². The largest absolute Gasteiger partial charge is 0.504 e. The highest BCUT2D eigenvalue weighted by atomic mass is 32.2. The van der Waals surface area contributed by atoms with Gasteiger partial charge in [-0.05, 0) is 31.0 Å². The Labute approximate surface area is 89.1 Å². The molecule has 0 spiro atoms. The molecule has 1 rings (SSSR count). The van der Waals surface area contributed by atoms with Gasteiger partial charge in [0.1, 0.15) is 9.84 Å². The third-order valence-electron chi connectivity index (χ3n) is 2.29. The van der Waals surface area contributed by atoms with E-state index < -0.39 is 15.1 Å². The summed E-state index contributed by atoms with van der Waals surface area (Å²) in [5, 5.41) is 17.8. The van der Waals surface area contributed by atoms with E-state index in [9.17, 15) is 13.5 Å². The van der Waals surface area contributed by atoms with Gasteiger partial charge in [-0.15, -0.1) is 0 Å². The Balaban J connectivity index is 2.87. The SMILES string of the molecule is CC(Cc1ccc(O)c(O)c1)S(C)(=O)=O. The summed E-state index contributed by atoms with van der Waals surface area (Å²) in [4.78, 5) is 0. The van der Waals surface area contributed by atoms with Crippen LogP contribution in [-0.2, 0) is 16.3 Å². The lowest BCUT2D eigenvalue weighted by Gasteiger charge is -2.09. The zero-order valence-corrected chi connectivity index (χ0v) is 9.45. The third-order valence-corrected chi connectivity index (χ3v) is 3.92. The summed E-state index contributed by atoms with van der Waals surface area (Å²) in [6.07, 6.45) is 1.50. The molecular weight excluding hydrogens is 216 g/mol. The molecule has 5 heteroatoms. The van der Waals surface area contributed by atoms with E-state index in [1.807, 2.05) is 0 Å². The van der Waals surface area contributed by atoms with Gasteiger partial charge in [0.05, 0.1) is 5.25 Å². The Morgan fingerprint density at radius 1 is 1.27 bits per heavy atom. The minimum atomic E-state index is -3.07. The zero-order valence-electron chi connectivity index (χ0n) is 8.64. The van der Waals surface area contributed by atoms with E-state index in [2.05, 4.69) is 0 Å². The Morgan fingerprint density at radius 2 is 1.87 bits per heavy atom. The molecule has 1 atom stereocenters. The first-order valence-electron chi connectivity index (χ1n) is 4.50. The summed E-state index contributed by atoms with van der Waals surface area (Å²) < 4.78 is 22.4. The standard InChI is InChI=1S/C10H14O4S/c1-7(15(2,13)14)5-8-3-4-9(11)10(12)6-8/h3-4,6-7,11-12H,5H2,1-2H3. The van der Waals surface area contributed by atoms with Gasteiger partial charge < -0.3 is 10.2 Å². The van der Waals surface area contributed by atoms with Gasteiger partial charge in [0.2, 0.25) is 0 Å². The molecule has 1 aromatic carbocycles. The van der Waals surface area contributed by atoms with Gasteiger partial charge in [-0.25, -0.2) is 8.42 Å². The van der Waals surface area contributed by atoms with E-state index in [-0.39, 0.29) is 11.5 Å². The molecule has 0 heterocycles. The zero-order chi connectivity index (χ0) is 11.6. The van der Waals surface area contributed by atoms with Crippen molar-refractivity contribution in [2.45, 2.75) is 18.6 Å². The summed E-state index contributed by atoms with van der Waals surface area (Å²) in [6, 6.07) is 4.31. The maximum atomic E-state index is 11.2. The number of hydrogen-bond acceptors (Lipinski definition) is 4. The molecule has 0 aliphatic heterocycles. The molecule has 1 aromatic rings. The summed E-state index contributed by atoms with van der Waals surface area (Å²) in [6.45, 7) is 1.61. The quantitative estimate of drug-likeness (QED) is 0.762. The first kappa shape index (κ1) is 11.8. The number of phenols is 2. The molecule has 0 radical (unpaired) electrons. The first-order chi connectivity index (χ1) is 6.80. The molecule has 0 bridgehead atoms. The summed E-state index contributed by atoms with van der Waals surface area (Å²) in [5.41, 5.74) is 0.684. The van der Waals surface area contributed by atoms with Gasteiger partial charge in [-0.2, -0.15) is 0 Å². The van der Waals surface area contributed by atoms with Crippen LogP contribution in [0, 0.1) is 0 Å². The molecule has 15 heavy (non-hydrogen) atoms. The van der Waals surface area contributed by atoms with Crippen LogP contribution >= 0.6 is 0 Å². The molecule has 84 valence electrons. The maximum absolute atomic E-state index is 11.2. The molecule has 2 N–H and O–H groups in total. The van der Waals surface area contributed by atoms with E-state index in [1.54, 1.807) is 13.0 Å². The predicted octanol–water partition coefficient (Wildman–Crippen LogP) is 1.07. The summed E-state index contributed by atoms with van der Waals surface area (Å²) in [5.74, 6) is -0.432. The monoisotopic (exact) mass is 230 g/mol. The van der Waals surface area contributed by atoms with Crippen LogP contribution in [0.4, 0.5) is 0 Å². The number of rotatable bonds is 3. The van der Waals surface area contributed by atoms with Crippen molar-refractivity contribution in [1.82, 2.24) is 0 Å². The molecule has 0 fully saturated rings. The number of aromatic hydroxyl groups is 2. The average molecular weight is 230 g/mol. The van der Waals surface area contributed by atoms with Gasteiger partial charge in [0, 0.05) is 6.26 Å². The van der Waals surface area contributed by atoms with Gasteiger partial charge >= 0.3 is 0 Å². The Bertz CT molecular complexity index is 450. The normalized spacial score (nSPS) is 13.7. The van der Waals surface area contributed by atoms with Gasteiger partial charge in [-0.3, -0.25) is 0 Å². The molecular formula is C10H14O4S. The van der Waals surface area contributed by atoms with Crippen molar-refractivity contribution in [3.63, 3.8) is 0 Å². The van der Waals surface area contributed by atoms with Crippen LogP contribution in [0.1, 0.15) is 12.5 Å². The summed E-state index contributed by atoms with van der Waals surface area (Å²) >= 11 is 0. The first-order valence-corrected chi connectivity index (χ1v) is 6.46. The molecule has 0 aliphatic rings. The molecule has 0 aliphatic carbocycles. The van der Waals surface area contributed by atoms with Crippen molar-refractivity contribution in [2.24, 2.45) is 0 Å². The van der Waals surface area contributed by atoms with E-state index in [0.29, 0.717) is 12.0 Å². The third kappa shape index (κ3) is 3.13. The second-order valence-corrected chi connectivity index (χ2v) is 6.13. The van der Waals surface area contributed by atoms with Crippen LogP contribution in [0.15, 0.2) is 18.2 Å². The second kappa shape index (κ2) is 4.10. The smallest absolute Gasteiger partial charge is 0.157 e. The predicted molar refractivity (Wildman–Crippen MR) is 57.8 cm³/mol. The Morgan fingerprint density at radius 3 is 2.33 bits per heavy atom. The van der Waals surface area contributed by atoms with Crippen molar-refractivity contribution in [3.8, 4) is 11.5 Å².